The first-order valence-electron chi connectivity index (χ1n) is 6.68. The minimum absolute atomic E-state index is 0. The Labute approximate surface area is 130 Å². The van der Waals surface area contributed by atoms with E-state index in [1.165, 1.54) is 5.56 Å². The molecule has 108 valence electrons. The standard InChI is InChI=1S/C16H16N4.ClH/c1-18-13-5-2-11(3-6-13)9-19-16-7-4-12(10-20-16)14-8-15(14)17;/h2-7,10,14-15H,8-9,17H2,(H,19,20);1H/t14-,15+;/m1./s1. The monoisotopic (exact) mass is 300 g/mol. The molecule has 0 aliphatic heterocycles. The Kier molecular flexibility index (Phi) is 4.79. The third kappa shape index (κ3) is 3.72. The Hall–Kier alpha value is -2.09. The Morgan fingerprint density at radius 1 is 1.24 bits per heavy atom. The fourth-order valence-electron chi connectivity index (χ4n) is 2.21. The number of benzene rings is 1. The molecule has 4 nitrogen and oxygen atoms in total. The van der Waals surface area contributed by atoms with Gasteiger partial charge in [-0.2, -0.15) is 0 Å². The third-order valence-corrected chi connectivity index (χ3v) is 3.59. The van der Waals surface area contributed by atoms with Gasteiger partial charge in [0.25, 0.3) is 0 Å². The van der Waals surface area contributed by atoms with Crippen LogP contribution < -0.4 is 11.1 Å². The molecule has 0 unspecified atom stereocenters. The van der Waals surface area contributed by atoms with Crippen molar-refractivity contribution >= 4 is 23.9 Å². The molecule has 21 heavy (non-hydrogen) atoms. The molecular formula is C16H17ClN4. The van der Waals surface area contributed by atoms with Gasteiger partial charge in [-0.15, -0.1) is 12.4 Å². The van der Waals surface area contributed by atoms with Crippen LogP contribution in [0.25, 0.3) is 4.85 Å². The largest absolute Gasteiger partial charge is 0.366 e. The molecule has 0 amide bonds. The molecule has 1 aromatic carbocycles. The lowest BCUT2D eigenvalue weighted by Crippen LogP contribution is -2.03. The van der Waals surface area contributed by atoms with Crippen molar-refractivity contribution in [2.24, 2.45) is 5.73 Å². The van der Waals surface area contributed by atoms with E-state index in [-0.39, 0.29) is 12.4 Å². The predicted octanol–water partition coefficient (Wildman–Crippen LogP) is 3.48. The molecule has 0 bridgehead atoms. The Morgan fingerprint density at radius 2 is 1.95 bits per heavy atom. The summed E-state index contributed by atoms with van der Waals surface area (Å²) < 4.78 is 0. The number of nitrogens with one attached hydrogen (secondary N) is 1. The van der Waals surface area contributed by atoms with Crippen LogP contribution in [-0.2, 0) is 6.54 Å². The van der Waals surface area contributed by atoms with Gasteiger partial charge < -0.3 is 11.1 Å². The number of nitrogens with two attached hydrogens (primary N) is 1. The number of hydrogen-bond donors (Lipinski definition) is 2. The van der Waals surface area contributed by atoms with Gasteiger partial charge in [-0.25, -0.2) is 9.83 Å². The van der Waals surface area contributed by atoms with E-state index in [2.05, 4.69) is 21.2 Å². The molecule has 0 saturated heterocycles. The zero-order valence-corrected chi connectivity index (χ0v) is 12.3. The average molecular weight is 301 g/mol. The number of nitrogens with zero attached hydrogens (tertiary/aromatic N) is 2. The lowest BCUT2D eigenvalue weighted by atomic mass is 10.2. The van der Waals surface area contributed by atoms with E-state index in [0.29, 0.717) is 24.2 Å². The summed E-state index contributed by atoms with van der Waals surface area (Å²) in [5.41, 5.74) is 8.85. The van der Waals surface area contributed by atoms with Crippen molar-refractivity contribution in [2.45, 2.75) is 24.9 Å². The van der Waals surface area contributed by atoms with Crippen LogP contribution in [0.5, 0.6) is 0 Å². The highest BCUT2D eigenvalue weighted by atomic mass is 35.5. The molecule has 2 atom stereocenters. The number of hydrogen-bond acceptors (Lipinski definition) is 3. The molecule has 1 saturated carbocycles. The first-order chi connectivity index (χ1) is 9.76. The van der Waals surface area contributed by atoms with Gasteiger partial charge >= 0.3 is 0 Å². The van der Waals surface area contributed by atoms with Gasteiger partial charge in [0.2, 0.25) is 0 Å². The van der Waals surface area contributed by atoms with E-state index in [9.17, 15) is 0 Å². The fourth-order valence-corrected chi connectivity index (χ4v) is 2.21. The lowest BCUT2D eigenvalue weighted by molar-refractivity contribution is 0.978. The SMILES string of the molecule is Cl.[C-]#[N+]c1ccc(CNc2ccc([C@H]3C[C@@H]3N)cn2)cc1. The Bertz CT molecular complexity index is 631. The summed E-state index contributed by atoms with van der Waals surface area (Å²) in [5.74, 6) is 1.36. The van der Waals surface area contributed by atoms with Gasteiger partial charge in [0.15, 0.2) is 5.69 Å². The molecule has 3 N–H and O–H groups in total. The maximum absolute atomic E-state index is 6.92. The molecule has 0 spiro atoms. The van der Waals surface area contributed by atoms with Gasteiger partial charge in [-0.3, -0.25) is 0 Å². The van der Waals surface area contributed by atoms with Crippen molar-refractivity contribution in [3.63, 3.8) is 0 Å². The number of halogens is 1. The molecule has 5 heteroatoms. The van der Waals surface area contributed by atoms with Crippen LogP contribution in [0.4, 0.5) is 11.5 Å². The van der Waals surface area contributed by atoms with E-state index in [1.807, 2.05) is 36.5 Å². The lowest BCUT2D eigenvalue weighted by Gasteiger charge is -2.06. The van der Waals surface area contributed by atoms with Gasteiger partial charge in [-0.1, -0.05) is 30.3 Å². The van der Waals surface area contributed by atoms with Crippen molar-refractivity contribution < 1.29 is 0 Å². The molecular weight excluding hydrogens is 284 g/mol. The smallest absolute Gasteiger partial charge is 0.187 e. The Morgan fingerprint density at radius 3 is 2.48 bits per heavy atom. The van der Waals surface area contributed by atoms with Crippen molar-refractivity contribution in [2.75, 3.05) is 5.32 Å². The minimum atomic E-state index is 0. The van der Waals surface area contributed by atoms with Gasteiger partial charge in [0.1, 0.15) is 5.82 Å². The second-order valence-electron chi connectivity index (χ2n) is 5.11. The molecule has 2 aromatic rings. The number of rotatable bonds is 4. The summed E-state index contributed by atoms with van der Waals surface area (Å²) in [5, 5.41) is 3.28. The van der Waals surface area contributed by atoms with Crippen LogP contribution in [-0.4, -0.2) is 11.0 Å². The highest BCUT2D eigenvalue weighted by Crippen LogP contribution is 2.38. The van der Waals surface area contributed by atoms with E-state index in [1.54, 1.807) is 0 Å². The second kappa shape index (κ2) is 6.57. The summed E-state index contributed by atoms with van der Waals surface area (Å²) in [4.78, 5) is 7.78. The quantitative estimate of drug-likeness (QED) is 0.850. The van der Waals surface area contributed by atoms with E-state index >= 15 is 0 Å². The van der Waals surface area contributed by atoms with Crippen molar-refractivity contribution in [1.29, 1.82) is 0 Å². The van der Waals surface area contributed by atoms with Crippen molar-refractivity contribution in [3.05, 3.63) is 65.1 Å². The minimum Gasteiger partial charge on any atom is -0.366 e. The zero-order chi connectivity index (χ0) is 13.9. The van der Waals surface area contributed by atoms with Crippen LogP contribution in [0.3, 0.4) is 0 Å². The van der Waals surface area contributed by atoms with Gasteiger partial charge in [-0.05, 0) is 23.6 Å². The number of anilines is 1. The Balaban J connectivity index is 0.00000161. The van der Waals surface area contributed by atoms with E-state index < -0.39 is 0 Å². The third-order valence-electron chi connectivity index (χ3n) is 3.59. The van der Waals surface area contributed by atoms with Gasteiger partial charge in [0.05, 0.1) is 6.57 Å². The summed E-state index contributed by atoms with van der Waals surface area (Å²) in [6.07, 6.45) is 2.98. The summed E-state index contributed by atoms with van der Waals surface area (Å²) in [6, 6.07) is 12.0. The second-order valence-corrected chi connectivity index (χ2v) is 5.11. The van der Waals surface area contributed by atoms with Crippen LogP contribution in [0.2, 0.25) is 0 Å². The zero-order valence-electron chi connectivity index (χ0n) is 11.5. The number of aromatic nitrogens is 1. The molecule has 1 aliphatic carbocycles. The van der Waals surface area contributed by atoms with Crippen LogP contribution in [0.15, 0.2) is 42.6 Å². The molecule has 1 fully saturated rings. The maximum atomic E-state index is 6.92. The van der Waals surface area contributed by atoms with Crippen LogP contribution in [0, 0.1) is 6.57 Å². The van der Waals surface area contributed by atoms with Crippen LogP contribution >= 0.6 is 12.4 Å². The van der Waals surface area contributed by atoms with E-state index in [0.717, 1.165) is 17.8 Å². The first-order valence-corrected chi connectivity index (χ1v) is 6.68. The summed E-state index contributed by atoms with van der Waals surface area (Å²) >= 11 is 0. The van der Waals surface area contributed by atoms with Gasteiger partial charge in [0, 0.05) is 24.7 Å². The topological polar surface area (TPSA) is 55.3 Å². The molecule has 0 radical (unpaired) electrons. The first kappa shape index (κ1) is 15.3. The van der Waals surface area contributed by atoms with Crippen LogP contribution in [0.1, 0.15) is 23.5 Å². The highest BCUT2D eigenvalue weighted by Gasteiger charge is 2.34. The maximum Gasteiger partial charge on any atom is 0.187 e. The number of pyridine rings is 1. The van der Waals surface area contributed by atoms with E-state index in [4.69, 9.17) is 12.3 Å². The molecule has 1 heterocycles. The molecule has 1 aromatic heterocycles. The normalized spacial score (nSPS) is 19.2. The summed E-state index contributed by atoms with van der Waals surface area (Å²) in [7, 11) is 0. The molecule has 1 aliphatic rings. The average Bonchev–Trinajstić information content (AvgIpc) is 3.23. The fraction of sp³-hybridized carbons (Fsp3) is 0.250. The van der Waals surface area contributed by atoms with Crippen molar-refractivity contribution in [1.82, 2.24) is 4.98 Å². The van der Waals surface area contributed by atoms with Crippen molar-refractivity contribution in [3.8, 4) is 0 Å². The summed E-state index contributed by atoms with van der Waals surface area (Å²) in [6.45, 7) is 7.62. The molecule has 3 rings (SSSR count). The highest BCUT2D eigenvalue weighted by molar-refractivity contribution is 5.85. The predicted molar refractivity (Wildman–Crippen MR) is 86.8 cm³/mol.